The van der Waals surface area contributed by atoms with E-state index >= 15 is 0 Å². The Balaban J connectivity index is 2.38. The number of esters is 1. The van der Waals surface area contributed by atoms with Crippen LogP contribution in [0.25, 0.3) is 11.0 Å². The summed E-state index contributed by atoms with van der Waals surface area (Å²) in [5.74, 6) is -1.31. The third kappa shape index (κ3) is 2.52. The highest BCUT2D eigenvalue weighted by molar-refractivity contribution is 5.98. The van der Waals surface area contributed by atoms with Gasteiger partial charge in [-0.25, -0.2) is 0 Å². The minimum atomic E-state index is -0.828. The van der Waals surface area contributed by atoms with Crippen molar-refractivity contribution in [2.24, 2.45) is 5.92 Å². The molecule has 2 atom stereocenters. The zero-order chi connectivity index (χ0) is 14.0. The molecule has 2 rings (SSSR count). The molecule has 0 aliphatic rings. The first kappa shape index (κ1) is 13.3. The Morgan fingerprint density at radius 2 is 1.95 bits per heavy atom. The summed E-state index contributed by atoms with van der Waals surface area (Å²) in [5.41, 5.74) is 0.747. The largest absolute Gasteiger partial charge is 0.468 e. The van der Waals surface area contributed by atoms with Crippen molar-refractivity contribution in [1.82, 2.24) is 0 Å². The Morgan fingerprint density at radius 3 is 2.53 bits per heavy atom. The zero-order valence-electron chi connectivity index (χ0n) is 11.2. The Kier molecular flexibility index (Phi) is 3.69. The zero-order valence-corrected chi connectivity index (χ0v) is 11.2. The molecule has 0 saturated carbocycles. The van der Waals surface area contributed by atoms with Gasteiger partial charge in [-0.05, 0) is 19.1 Å². The van der Waals surface area contributed by atoms with E-state index in [-0.39, 0.29) is 11.7 Å². The van der Waals surface area contributed by atoms with Crippen molar-refractivity contribution in [2.45, 2.75) is 19.8 Å². The van der Waals surface area contributed by atoms with Gasteiger partial charge in [-0.3, -0.25) is 9.59 Å². The molecule has 0 saturated heterocycles. The maximum Gasteiger partial charge on any atom is 0.316 e. The number of methoxy groups -OCH3 is 1. The predicted octanol–water partition coefficient (Wildman–Crippen LogP) is 2.91. The monoisotopic (exact) mass is 260 g/mol. The molecule has 0 bridgehead atoms. The summed E-state index contributed by atoms with van der Waals surface area (Å²) in [5, 5.41) is 0.955. The molecule has 0 spiro atoms. The van der Waals surface area contributed by atoms with Crippen LogP contribution in [0.15, 0.2) is 34.7 Å². The number of ether oxygens (including phenoxy) is 1. The first-order valence-corrected chi connectivity index (χ1v) is 6.11. The Morgan fingerprint density at radius 1 is 1.26 bits per heavy atom. The molecule has 4 nitrogen and oxygen atoms in total. The van der Waals surface area contributed by atoms with Gasteiger partial charge in [0.05, 0.1) is 7.11 Å². The van der Waals surface area contributed by atoms with E-state index in [2.05, 4.69) is 4.74 Å². The molecule has 0 N–H and O–H groups in total. The molecule has 1 aromatic carbocycles. The molecule has 0 amide bonds. The number of para-hydroxylation sites is 1. The van der Waals surface area contributed by atoms with Gasteiger partial charge in [-0.1, -0.05) is 25.1 Å². The lowest BCUT2D eigenvalue weighted by molar-refractivity contribution is -0.149. The van der Waals surface area contributed by atoms with Crippen LogP contribution in [-0.2, 0) is 14.3 Å². The fourth-order valence-electron chi connectivity index (χ4n) is 2.24. The number of rotatable bonds is 4. The average Bonchev–Trinajstić information content (AvgIpc) is 2.81. The van der Waals surface area contributed by atoms with Crippen LogP contribution in [0.2, 0.25) is 0 Å². The summed E-state index contributed by atoms with van der Waals surface area (Å²) in [4.78, 5) is 23.3. The van der Waals surface area contributed by atoms with E-state index in [1.165, 1.54) is 14.0 Å². The number of furan rings is 1. The van der Waals surface area contributed by atoms with Gasteiger partial charge < -0.3 is 9.15 Å². The van der Waals surface area contributed by atoms with Crippen molar-refractivity contribution in [3.05, 3.63) is 36.1 Å². The third-order valence-corrected chi connectivity index (χ3v) is 3.29. The summed E-state index contributed by atoms with van der Waals surface area (Å²) in [6.07, 6.45) is 0. The van der Waals surface area contributed by atoms with E-state index in [4.69, 9.17) is 4.42 Å². The molecule has 0 fully saturated rings. The van der Waals surface area contributed by atoms with E-state index in [1.807, 2.05) is 30.3 Å². The molecule has 4 heteroatoms. The number of fused-ring (bicyclic) bond motifs is 1. The van der Waals surface area contributed by atoms with Crippen LogP contribution in [-0.4, -0.2) is 18.9 Å². The van der Waals surface area contributed by atoms with Gasteiger partial charge in [-0.2, -0.15) is 0 Å². The van der Waals surface area contributed by atoms with Gasteiger partial charge in [0.2, 0.25) is 0 Å². The lowest BCUT2D eigenvalue weighted by Gasteiger charge is -2.17. The minimum absolute atomic E-state index is 0.222. The smallest absolute Gasteiger partial charge is 0.316 e. The Hall–Kier alpha value is -2.10. The molecule has 0 radical (unpaired) electrons. The molecule has 2 unspecified atom stereocenters. The molecule has 0 aliphatic carbocycles. The van der Waals surface area contributed by atoms with Gasteiger partial charge in [0.15, 0.2) is 0 Å². The standard InChI is InChI=1S/C15H16O4/c1-9(14(10(2)16)15(17)18-3)13-8-11-6-4-5-7-12(11)19-13/h4-9,14H,1-3H3. The molecule has 19 heavy (non-hydrogen) atoms. The third-order valence-electron chi connectivity index (χ3n) is 3.29. The first-order chi connectivity index (χ1) is 9.04. The molecular weight excluding hydrogens is 244 g/mol. The summed E-state index contributed by atoms with van der Waals surface area (Å²) < 4.78 is 10.4. The average molecular weight is 260 g/mol. The fourth-order valence-corrected chi connectivity index (χ4v) is 2.24. The Labute approximate surface area is 111 Å². The van der Waals surface area contributed by atoms with Gasteiger partial charge in [-0.15, -0.1) is 0 Å². The lowest BCUT2D eigenvalue weighted by atomic mass is 9.88. The van der Waals surface area contributed by atoms with Crippen LogP contribution >= 0.6 is 0 Å². The lowest BCUT2D eigenvalue weighted by Crippen LogP contribution is -2.28. The van der Waals surface area contributed by atoms with Crippen LogP contribution in [0.3, 0.4) is 0 Å². The maximum atomic E-state index is 11.7. The van der Waals surface area contributed by atoms with Crippen LogP contribution < -0.4 is 0 Å². The van der Waals surface area contributed by atoms with E-state index in [0.29, 0.717) is 5.76 Å². The summed E-state index contributed by atoms with van der Waals surface area (Å²) >= 11 is 0. The summed E-state index contributed by atoms with van der Waals surface area (Å²) in [6, 6.07) is 9.43. The normalized spacial score (nSPS) is 14.1. The van der Waals surface area contributed by atoms with Crippen LogP contribution in [0, 0.1) is 5.92 Å². The highest BCUT2D eigenvalue weighted by Gasteiger charge is 2.33. The number of hydrogen-bond acceptors (Lipinski definition) is 4. The number of benzene rings is 1. The van der Waals surface area contributed by atoms with E-state index < -0.39 is 11.9 Å². The van der Waals surface area contributed by atoms with Crippen LogP contribution in [0.5, 0.6) is 0 Å². The van der Waals surface area contributed by atoms with Crippen molar-refractivity contribution in [3.8, 4) is 0 Å². The van der Waals surface area contributed by atoms with Crippen LogP contribution in [0.1, 0.15) is 25.5 Å². The van der Waals surface area contributed by atoms with Crippen molar-refractivity contribution in [1.29, 1.82) is 0 Å². The molecule has 1 heterocycles. The molecule has 2 aromatic rings. The first-order valence-electron chi connectivity index (χ1n) is 6.11. The second-order valence-corrected chi connectivity index (χ2v) is 4.59. The van der Waals surface area contributed by atoms with E-state index in [9.17, 15) is 9.59 Å². The minimum Gasteiger partial charge on any atom is -0.468 e. The van der Waals surface area contributed by atoms with Crippen molar-refractivity contribution >= 4 is 22.7 Å². The SMILES string of the molecule is COC(=O)C(C(C)=O)C(C)c1cc2ccccc2o1. The fraction of sp³-hybridized carbons (Fsp3) is 0.333. The van der Waals surface area contributed by atoms with E-state index in [0.717, 1.165) is 11.0 Å². The predicted molar refractivity (Wildman–Crippen MR) is 70.8 cm³/mol. The number of Topliss-reactive ketones (excluding diaryl/α,β-unsaturated/α-hetero) is 1. The summed E-state index contributed by atoms with van der Waals surface area (Å²) in [6.45, 7) is 3.18. The van der Waals surface area contributed by atoms with E-state index in [1.54, 1.807) is 6.92 Å². The summed E-state index contributed by atoms with van der Waals surface area (Å²) in [7, 11) is 1.28. The van der Waals surface area contributed by atoms with Crippen LogP contribution in [0.4, 0.5) is 0 Å². The molecule has 1 aromatic heterocycles. The second kappa shape index (κ2) is 5.26. The van der Waals surface area contributed by atoms with Gasteiger partial charge in [0, 0.05) is 11.3 Å². The molecule has 0 aliphatic heterocycles. The topological polar surface area (TPSA) is 56.5 Å². The Bertz CT molecular complexity index is 578. The second-order valence-electron chi connectivity index (χ2n) is 4.59. The molecule has 100 valence electrons. The van der Waals surface area contributed by atoms with Gasteiger partial charge in [0.1, 0.15) is 23.0 Å². The number of carbonyl (C=O) groups is 2. The number of carbonyl (C=O) groups excluding carboxylic acids is 2. The maximum absolute atomic E-state index is 11.7. The van der Waals surface area contributed by atoms with Gasteiger partial charge in [0.25, 0.3) is 0 Å². The highest BCUT2D eigenvalue weighted by Crippen LogP contribution is 2.30. The highest BCUT2D eigenvalue weighted by atomic mass is 16.5. The van der Waals surface area contributed by atoms with Gasteiger partial charge >= 0.3 is 5.97 Å². The van der Waals surface area contributed by atoms with Crippen molar-refractivity contribution < 1.29 is 18.7 Å². The number of ketones is 1. The van der Waals surface area contributed by atoms with Crippen molar-refractivity contribution in [3.63, 3.8) is 0 Å². The molecular formula is C15H16O4. The quantitative estimate of drug-likeness (QED) is 0.626. The van der Waals surface area contributed by atoms with Crippen molar-refractivity contribution in [2.75, 3.05) is 7.11 Å². The number of hydrogen-bond donors (Lipinski definition) is 0.